The van der Waals surface area contributed by atoms with Crippen LogP contribution in [0.25, 0.3) is 17.0 Å². The lowest BCUT2D eigenvalue weighted by atomic mass is 10.1. The van der Waals surface area contributed by atoms with E-state index in [4.69, 9.17) is 9.15 Å². The maximum atomic E-state index is 13.3. The van der Waals surface area contributed by atoms with Gasteiger partial charge in [-0.15, -0.1) is 11.8 Å². The zero-order valence-electron chi connectivity index (χ0n) is 23.2. The fourth-order valence-corrected chi connectivity index (χ4v) is 5.03. The molecule has 8 nitrogen and oxygen atoms in total. The lowest BCUT2D eigenvalue weighted by molar-refractivity contribution is -0.113. The van der Waals surface area contributed by atoms with Crippen molar-refractivity contribution in [3.8, 4) is 11.5 Å². The Bertz CT molecular complexity index is 1830. The molecule has 1 aromatic heterocycles. The zero-order chi connectivity index (χ0) is 30.2. The van der Waals surface area contributed by atoms with Gasteiger partial charge in [-0.2, -0.15) is 0 Å². The molecule has 1 heterocycles. The standard InChI is InChI=1S/C34H28N2O6S/c1-2-41-28-14-8-22(9-15-28)18-30(36-32(38)23-6-4-3-5-7-23)33(39)35-26-11-16-29(17-12-26)43-21-25-19-24-10-13-27(37)20-31(24)42-34(25)40/h3-20,37H,2,21H2,1H3,(H,35,39)(H,36,38)/b30-18-. The Labute approximate surface area is 252 Å². The molecular weight excluding hydrogens is 564 g/mol. The molecule has 216 valence electrons. The molecule has 0 unspecified atom stereocenters. The Balaban J connectivity index is 1.28. The molecule has 9 heteroatoms. The van der Waals surface area contributed by atoms with E-state index in [-0.39, 0.29) is 11.4 Å². The highest BCUT2D eigenvalue weighted by Crippen LogP contribution is 2.26. The predicted octanol–water partition coefficient (Wildman–Crippen LogP) is 6.60. The Kier molecular flexibility index (Phi) is 9.23. The molecule has 4 aromatic carbocycles. The van der Waals surface area contributed by atoms with Crippen LogP contribution in [-0.4, -0.2) is 23.5 Å². The molecule has 2 amide bonds. The Morgan fingerprint density at radius 3 is 2.40 bits per heavy atom. The number of hydrogen-bond donors (Lipinski definition) is 3. The second-order valence-electron chi connectivity index (χ2n) is 9.43. The minimum atomic E-state index is -0.488. The van der Waals surface area contributed by atoms with Crippen molar-refractivity contribution in [2.75, 3.05) is 11.9 Å². The van der Waals surface area contributed by atoms with Gasteiger partial charge in [-0.1, -0.05) is 30.3 Å². The third-order valence-corrected chi connectivity index (χ3v) is 7.39. The van der Waals surface area contributed by atoms with Crippen LogP contribution in [0, 0.1) is 0 Å². The molecule has 0 bridgehead atoms. The summed E-state index contributed by atoms with van der Waals surface area (Å²) in [6.45, 7) is 2.44. The third-order valence-electron chi connectivity index (χ3n) is 6.33. The molecule has 0 fully saturated rings. The van der Waals surface area contributed by atoms with Crippen molar-refractivity contribution in [1.82, 2.24) is 5.32 Å². The molecule has 43 heavy (non-hydrogen) atoms. The predicted molar refractivity (Wildman–Crippen MR) is 168 cm³/mol. The SMILES string of the molecule is CCOc1ccc(/C=C(\NC(=O)c2ccccc2)C(=O)Nc2ccc(SCc3cc4ccc(O)cc4oc3=O)cc2)cc1. The summed E-state index contributed by atoms with van der Waals surface area (Å²) in [5.74, 6) is 0.222. The quantitative estimate of drug-likeness (QED) is 0.0950. The number of aromatic hydroxyl groups is 1. The minimum Gasteiger partial charge on any atom is -0.508 e. The summed E-state index contributed by atoms with van der Waals surface area (Å²) in [5.41, 5.74) is 2.11. The van der Waals surface area contributed by atoms with Crippen molar-refractivity contribution in [2.45, 2.75) is 17.6 Å². The number of fused-ring (bicyclic) bond motifs is 1. The number of phenolic OH excluding ortho intramolecular Hbond substituents is 1. The van der Waals surface area contributed by atoms with E-state index in [1.807, 2.05) is 25.1 Å². The van der Waals surface area contributed by atoms with E-state index in [2.05, 4.69) is 10.6 Å². The number of benzene rings is 4. The first kappa shape index (κ1) is 29.2. The van der Waals surface area contributed by atoms with Crippen LogP contribution in [0.5, 0.6) is 11.5 Å². The van der Waals surface area contributed by atoms with Crippen molar-refractivity contribution < 1.29 is 23.8 Å². The van der Waals surface area contributed by atoms with Gasteiger partial charge in [-0.3, -0.25) is 9.59 Å². The van der Waals surface area contributed by atoms with Crippen LogP contribution in [-0.2, 0) is 10.5 Å². The van der Waals surface area contributed by atoms with Crippen molar-refractivity contribution in [2.24, 2.45) is 0 Å². The van der Waals surface area contributed by atoms with Gasteiger partial charge in [0.2, 0.25) is 0 Å². The van der Waals surface area contributed by atoms with E-state index in [1.165, 1.54) is 23.9 Å². The number of carbonyl (C=O) groups excluding carboxylic acids is 2. The summed E-state index contributed by atoms with van der Waals surface area (Å²) in [6, 6.07) is 29.4. The molecule has 0 radical (unpaired) electrons. The molecule has 5 aromatic rings. The Hall–Kier alpha value is -5.28. The van der Waals surface area contributed by atoms with Crippen LogP contribution >= 0.6 is 11.8 Å². The van der Waals surface area contributed by atoms with Gasteiger partial charge >= 0.3 is 5.63 Å². The van der Waals surface area contributed by atoms with E-state index >= 15 is 0 Å². The highest BCUT2D eigenvalue weighted by molar-refractivity contribution is 7.98. The third kappa shape index (κ3) is 7.72. The van der Waals surface area contributed by atoms with E-state index in [9.17, 15) is 19.5 Å². The topological polar surface area (TPSA) is 118 Å². The number of rotatable bonds is 10. The molecule has 0 atom stereocenters. The van der Waals surface area contributed by atoms with E-state index in [0.717, 1.165) is 10.3 Å². The lowest BCUT2D eigenvalue weighted by Crippen LogP contribution is -2.30. The highest BCUT2D eigenvalue weighted by atomic mass is 32.2. The second-order valence-corrected chi connectivity index (χ2v) is 10.5. The first-order valence-corrected chi connectivity index (χ1v) is 14.5. The van der Waals surface area contributed by atoms with Crippen LogP contribution < -0.4 is 21.0 Å². The molecule has 0 aliphatic rings. The summed E-state index contributed by atoms with van der Waals surface area (Å²) < 4.78 is 10.8. The molecular formula is C34H28N2O6S. The number of phenols is 1. The van der Waals surface area contributed by atoms with Gasteiger partial charge in [0, 0.05) is 38.9 Å². The van der Waals surface area contributed by atoms with Gasteiger partial charge in [0.05, 0.1) is 6.61 Å². The first-order chi connectivity index (χ1) is 20.9. The first-order valence-electron chi connectivity index (χ1n) is 13.5. The molecule has 0 saturated heterocycles. The number of nitrogens with one attached hydrogen (secondary N) is 2. The van der Waals surface area contributed by atoms with E-state index in [0.29, 0.717) is 46.1 Å². The van der Waals surface area contributed by atoms with Gasteiger partial charge in [-0.05, 0) is 85.3 Å². The van der Waals surface area contributed by atoms with Gasteiger partial charge in [-0.25, -0.2) is 4.79 Å². The molecule has 5 rings (SSSR count). The van der Waals surface area contributed by atoms with Crippen molar-refractivity contribution in [1.29, 1.82) is 0 Å². The van der Waals surface area contributed by atoms with Crippen LogP contribution in [0.4, 0.5) is 5.69 Å². The minimum absolute atomic E-state index is 0.0299. The molecule has 0 aliphatic heterocycles. The molecule has 3 N–H and O–H groups in total. The summed E-state index contributed by atoms with van der Waals surface area (Å²) in [4.78, 5) is 39.5. The normalized spacial score (nSPS) is 11.2. The second kappa shape index (κ2) is 13.6. The monoisotopic (exact) mass is 592 g/mol. The van der Waals surface area contributed by atoms with Crippen molar-refractivity contribution in [3.05, 3.63) is 136 Å². The van der Waals surface area contributed by atoms with Gasteiger partial charge < -0.3 is 24.9 Å². The van der Waals surface area contributed by atoms with E-state index in [1.54, 1.807) is 78.9 Å². The lowest BCUT2D eigenvalue weighted by Gasteiger charge is -2.12. The fourth-order valence-electron chi connectivity index (χ4n) is 4.17. The average Bonchev–Trinajstić information content (AvgIpc) is 3.02. The zero-order valence-corrected chi connectivity index (χ0v) is 24.0. The number of amides is 2. The van der Waals surface area contributed by atoms with Gasteiger partial charge in [0.15, 0.2) is 0 Å². The van der Waals surface area contributed by atoms with Crippen LogP contribution in [0.1, 0.15) is 28.4 Å². The summed E-state index contributed by atoms with van der Waals surface area (Å²) in [6.07, 6.45) is 1.60. The van der Waals surface area contributed by atoms with Gasteiger partial charge in [0.25, 0.3) is 11.8 Å². The van der Waals surface area contributed by atoms with Crippen molar-refractivity contribution >= 4 is 46.3 Å². The highest BCUT2D eigenvalue weighted by Gasteiger charge is 2.15. The van der Waals surface area contributed by atoms with Crippen LogP contribution in [0.2, 0.25) is 0 Å². The summed E-state index contributed by atoms with van der Waals surface area (Å²) >= 11 is 1.44. The Morgan fingerprint density at radius 1 is 0.930 bits per heavy atom. The number of hydrogen-bond acceptors (Lipinski definition) is 7. The number of carbonyl (C=O) groups is 2. The molecule has 0 saturated carbocycles. The van der Waals surface area contributed by atoms with Gasteiger partial charge in [0.1, 0.15) is 22.8 Å². The summed E-state index contributed by atoms with van der Waals surface area (Å²) in [7, 11) is 0. The number of thioether (sulfide) groups is 1. The smallest absolute Gasteiger partial charge is 0.340 e. The largest absolute Gasteiger partial charge is 0.508 e. The molecule has 0 aliphatic carbocycles. The Morgan fingerprint density at radius 2 is 1.67 bits per heavy atom. The van der Waals surface area contributed by atoms with E-state index < -0.39 is 17.4 Å². The fraction of sp³-hybridized carbons (Fsp3) is 0.0882. The maximum absolute atomic E-state index is 13.3. The molecule has 0 spiro atoms. The average molecular weight is 593 g/mol. The van der Waals surface area contributed by atoms with Crippen LogP contribution in [0.15, 0.2) is 123 Å². The summed E-state index contributed by atoms with van der Waals surface area (Å²) in [5, 5.41) is 15.9. The number of ether oxygens (including phenoxy) is 1. The van der Waals surface area contributed by atoms with Crippen molar-refractivity contribution in [3.63, 3.8) is 0 Å². The maximum Gasteiger partial charge on any atom is 0.340 e. The van der Waals surface area contributed by atoms with Crippen LogP contribution in [0.3, 0.4) is 0 Å². The number of anilines is 1.